The first-order valence-electron chi connectivity index (χ1n) is 8.73. The molecule has 31 heavy (non-hydrogen) atoms. The van der Waals surface area contributed by atoms with Gasteiger partial charge in [0.05, 0.1) is 0 Å². The normalized spacial score (nSPS) is 27.4. The summed E-state index contributed by atoms with van der Waals surface area (Å²) in [5.74, 6) is -3.63. The molecule has 1 aromatic heterocycles. The van der Waals surface area contributed by atoms with Gasteiger partial charge in [0.2, 0.25) is 5.82 Å². The third kappa shape index (κ3) is 5.43. The van der Waals surface area contributed by atoms with E-state index in [0.29, 0.717) is 0 Å². The van der Waals surface area contributed by atoms with E-state index in [1.165, 1.54) is 0 Å². The molecule has 16 heteroatoms. The van der Waals surface area contributed by atoms with Gasteiger partial charge in [-0.3, -0.25) is 19.2 Å². The zero-order valence-electron chi connectivity index (χ0n) is 16.9. The van der Waals surface area contributed by atoms with Crippen LogP contribution in [0.15, 0.2) is 5.11 Å². The molecule has 0 saturated carbocycles. The molecule has 0 aromatic carbocycles. The van der Waals surface area contributed by atoms with Crippen LogP contribution in [0.4, 0.5) is 0 Å². The Bertz CT molecular complexity index is 885. The number of carbonyl (C=O) groups is 4. The van der Waals surface area contributed by atoms with Crippen LogP contribution in [-0.4, -0.2) is 75.5 Å². The number of rotatable bonds is 7. The van der Waals surface area contributed by atoms with Crippen LogP contribution in [0.2, 0.25) is 0 Å². The van der Waals surface area contributed by atoms with E-state index in [4.69, 9.17) is 23.7 Å². The van der Waals surface area contributed by atoms with Crippen LogP contribution in [0, 0.1) is 0 Å². The van der Waals surface area contributed by atoms with Crippen LogP contribution in [-0.2, 0) is 48.6 Å². The number of H-pyrrole nitrogens is 1. The number of esters is 4. The highest BCUT2D eigenvalue weighted by atomic mass is 16.7. The lowest BCUT2D eigenvalue weighted by Crippen LogP contribution is -2.66. The molecule has 0 spiro atoms. The molecule has 0 bridgehead atoms. The lowest BCUT2D eigenvalue weighted by atomic mass is 9.89. The van der Waals surface area contributed by atoms with Gasteiger partial charge in [-0.05, 0) is 10.6 Å². The van der Waals surface area contributed by atoms with Crippen LogP contribution >= 0.6 is 0 Å². The largest absolute Gasteiger partial charge is 0.463 e. The highest BCUT2D eigenvalue weighted by Gasteiger charge is 2.62. The Balaban J connectivity index is 2.70. The minimum Gasteiger partial charge on any atom is -0.463 e. The second kappa shape index (κ2) is 9.82. The van der Waals surface area contributed by atoms with Gasteiger partial charge in [0.15, 0.2) is 18.3 Å². The second-order valence-electron chi connectivity index (χ2n) is 6.26. The van der Waals surface area contributed by atoms with Crippen LogP contribution < -0.4 is 0 Å². The van der Waals surface area contributed by atoms with E-state index in [0.717, 1.165) is 27.7 Å². The molecule has 1 N–H and O–H groups in total. The van der Waals surface area contributed by atoms with Crippen molar-refractivity contribution in [3.63, 3.8) is 0 Å². The van der Waals surface area contributed by atoms with Crippen molar-refractivity contribution >= 4 is 23.9 Å². The maximum atomic E-state index is 11.8. The van der Waals surface area contributed by atoms with E-state index in [2.05, 4.69) is 30.7 Å². The van der Waals surface area contributed by atoms with E-state index >= 15 is 0 Å². The number of nitrogens with one attached hydrogen (secondary N) is 1. The molecule has 16 nitrogen and oxygen atoms in total. The smallest absolute Gasteiger partial charge is 0.303 e. The van der Waals surface area contributed by atoms with E-state index in [1.54, 1.807) is 0 Å². The molecular weight excluding hydrogens is 422 g/mol. The third-order valence-electron chi connectivity index (χ3n) is 3.91. The summed E-state index contributed by atoms with van der Waals surface area (Å²) in [4.78, 5) is 49.4. The predicted molar refractivity (Wildman–Crippen MR) is 93.2 cm³/mol. The Kier molecular flexibility index (Phi) is 7.44. The Morgan fingerprint density at radius 2 is 1.68 bits per heavy atom. The molecule has 0 unspecified atom stereocenters. The van der Waals surface area contributed by atoms with Crippen molar-refractivity contribution in [3.8, 4) is 0 Å². The fourth-order valence-corrected chi connectivity index (χ4v) is 2.97. The van der Waals surface area contributed by atoms with Gasteiger partial charge in [-0.2, -0.15) is 5.21 Å². The molecule has 1 fully saturated rings. The van der Waals surface area contributed by atoms with Crippen molar-refractivity contribution in [2.24, 2.45) is 5.11 Å². The minimum atomic E-state index is -2.32. The number of hydrogen-bond donors (Lipinski definition) is 1. The average molecular weight is 441 g/mol. The number of aromatic amines is 1. The second-order valence-corrected chi connectivity index (χ2v) is 6.26. The number of hydrogen-bond acceptors (Lipinski definition) is 13. The van der Waals surface area contributed by atoms with Crippen molar-refractivity contribution < 1.29 is 42.9 Å². The predicted octanol–water partition coefficient (Wildman–Crippen LogP) is -0.580. The molecule has 5 atom stereocenters. The number of carbonyl (C=O) groups excluding carboxylic acids is 4. The maximum absolute atomic E-state index is 11.8. The quantitative estimate of drug-likeness (QED) is 0.185. The van der Waals surface area contributed by atoms with Gasteiger partial charge in [-0.1, -0.05) is 5.21 Å². The van der Waals surface area contributed by atoms with Crippen LogP contribution in [0.1, 0.15) is 33.5 Å². The van der Waals surface area contributed by atoms with Crippen molar-refractivity contribution in [2.45, 2.75) is 57.8 Å². The van der Waals surface area contributed by atoms with Gasteiger partial charge in [-0.15, -0.1) is 10.2 Å². The highest BCUT2D eigenvalue weighted by molar-refractivity contribution is 5.69. The van der Waals surface area contributed by atoms with Gasteiger partial charge >= 0.3 is 23.9 Å². The Morgan fingerprint density at radius 1 is 1.06 bits per heavy atom. The van der Waals surface area contributed by atoms with Crippen LogP contribution in [0.3, 0.4) is 0 Å². The lowest BCUT2D eigenvalue weighted by Gasteiger charge is -2.47. The standard InChI is InChI=1S/C15H19N7O9/c1-6(23)27-5-10-11(28-7(2)24)12(29-8(3)25)13(30-9(4)26)15(31-10,19-20-16)14-17-21-22-18-14/h10-13H,5H2,1-4H3,(H,17,18,21,22)/t10-,11+,12+,13-,15+/m1/s1. The van der Waals surface area contributed by atoms with E-state index in [-0.39, 0.29) is 5.82 Å². The number of tetrazole rings is 1. The van der Waals surface area contributed by atoms with E-state index in [1.807, 2.05) is 0 Å². The molecule has 1 saturated heterocycles. The summed E-state index contributed by atoms with van der Waals surface area (Å²) in [5.41, 5.74) is 6.87. The molecule has 2 heterocycles. The molecule has 1 aromatic rings. The van der Waals surface area contributed by atoms with E-state index < -0.39 is 60.6 Å². The van der Waals surface area contributed by atoms with Crippen molar-refractivity contribution in [1.29, 1.82) is 0 Å². The SMILES string of the molecule is CC(=O)OC[C@H]1O[C@](N=[N+]=[N-])(c2nn[nH]n2)[C@H](OC(C)=O)[C@@H](OC(C)=O)[C@H]1OC(C)=O. The summed E-state index contributed by atoms with van der Waals surface area (Å²) in [5, 5.41) is 16.5. The molecule has 0 radical (unpaired) electrons. The lowest BCUT2D eigenvalue weighted by molar-refractivity contribution is -0.291. The topological polar surface area (TPSA) is 218 Å². The summed E-state index contributed by atoms with van der Waals surface area (Å²) in [6.07, 6.45) is -6.06. The monoisotopic (exact) mass is 441 g/mol. The van der Waals surface area contributed by atoms with Crippen molar-refractivity contribution in [2.75, 3.05) is 6.61 Å². The van der Waals surface area contributed by atoms with E-state index in [9.17, 15) is 24.7 Å². The zero-order chi connectivity index (χ0) is 23.2. The first-order valence-corrected chi connectivity index (χ1v) is 8.73. The maximum Gasteiger partial charge on any atom is 0.303 e. The molecule has 1 aliphatic rings. The van der Waals surface area contributed by atoms with Crippen molar-refractivity contribution in [3.05, 3.63) is 16.3 Å². The minimum absolute atomic E-state index is 0.386. The van der Waals surface area contributed by atoms with Gasteiger partial charge < -0.3 is 23.7 Å². The Hall–Kier alpha value is -3.78. The summed E-state index contributed by atoms with van der Waals surface area (Å²) in [6, 6.07) is 0. The third-order valence-corrected chi connectivity index (χ3v) is 3.91. The fourth-order valence-electron chi connectivity index (χ4n) is 2.97. The zero-order valence-corrected chi connectivity index (χ0v) is 16.9. The molecule has 1 aliphatic heterocycles. The van der Waals surface area contributed by atoms with Crippen LogP contribution in [0.25, 0.3) is 10.4 Å². The Morgan fingerprint density at radius 3 is 2.16 bits per heavy atom. The average Bonchev–Trinajstić information content (AvgIpc) is 3.19. The van der Waals surface area contributed by atoms with Gasteiger partial charge in [0.1, 0.15) is 12.7 Å². The first kappa shape index (κ1) is 23.5. The Labute approximate surface area is 174 Å². The number of ether oxygens (including phenoxy) is 5. The van der Waals surface area contributed by atoms with Gasteiger partial charge in [0.25, 0.3) is 5.72 Å². The van der Waals surface area contributed by atoms with Gasteiger partial charge in [0, 0.05) is 32.6 Å². The number of aromatic nitrogens is 4. The molecule has 2 rings (SSSR count). The summed E-state index contributed by atoms with van der Waals surface area (Å²) in [6.45, 7) is 3.76. The van der Waals surface area contributed by atoms with Crippen LogP contribution in [0.5, 0.6) is 0 Å². The van der Waals surface area contributed by atoms with Gasteiger partial charge in [-0.25, -0.2) is 0 Å². The number of nitrogens with zero attached hydrogens (tertiary/aromatic N) is 6. The summed E-state index contributed by atoms with van der Waals surface area (Å²) < 4.78 is 26.5. The molecule has 0 amide bonds. The molecule has 168 valence electrons. The fraction of sp³-hybridized carbons (Fsp3) is 0.667. The summed E-state index contributed by atoms with van der Waals surface area (Å²) >= 11 is 0. The highest BCUT2D eigenvalue weighted by Crippen LogP contribution is 2.42. The number of azide groups is 1. The van der Waals surface area contributed by atoms with Crippen molar-refractivity contribution in [1.82, 2.24) is 20.6 Å². The summed E-state index contributed by atoms with van der Waals surface area (Å²) in [7, 11) is 0. The first-order chi connectivity index (χ1) is 14.6. The molecular formula is C15H19N7O9. The molecule has 0 aliphatic carbocycles.